The molecule has 4 rings (SSSR count). The van der Waals surface area contributed by atoms with Crippen molar-refractivity contribution in [1.82, 2.24) is 4.90 Å². The number of hydrogen-bond donors (Lipinski definition) is 0. The third-order valence-corrected chi connectivity index (χ3v) is 7.96. The van der Waals surface area contributed by atoms with E-state index >= 15 is 0 Å². The Morgan fingerprint density at radius 3 is 2.37 bits per heavy atom. The fourth-order valence-corrected chi connectivity index (χ4v) is 5.68. The van der Waals surface area contributed by atoms with Crippen molar-refractivity contribution in [3.05, 3.63) is 106 Å². The zero-order chi connectivity index (χ0) is 29.6. The molecule has 8 heteroatoms. The molecule has 218 valence electrons. The van der Waals surface area contributed by atoms with Crippen LogP contribution in [0.3, 0.4) is 0 Å². The second-order valence-electron chi connectivity index (χ2n) is 10.3. The Hall–Kier alpha value is -3.03. The lowest BCUT2D eigenvalue weighted by atomic mass is 9.86. The Labute approximate surface area is 252 Å². The fraction of sp³-hybridized carbons (Fsp3) is 0.364. The molecule has 0 N–H and O–H groups in total. The molecule has 0 spiro atoms. The van der Waals surface area contributed by atoms with Gasteiger partial charge in [0, 0.05) is 16.5 Å². The van der Waals surface area contributed by atoms with Crippen molar-refractivity contribution >= 4 is 29.1 Å². The van der Waals surface area contributed by atoms with Gasteiger partial charge in [-0.3, -0.25) is 4.79 Å². The van der Waals surface area contributed by atoms with Crippen LogP contribution < -0.4 is 9.47 Å². The van der Waals surface area contributed by atoms with Crippen LogP contribution in [-0.2, 0) is 20.9 Å². The first-order valence-electron chi connectivity index (χ1n) is 13.7. The Balaban J connectivity index is 1.71. The van der Waals surface area contributed by atoms with E-state index in [0.29, 0.717) is 47.6 Å². The molecule has 6 nitrogen and oxygen atoms in total. The molecular formula is C33H37Cl2NO5. The number of rotatable bonds is 12. The molecule has 0 bridgehead atoms. The lowest BCUT2D eigenvalue weighted by Crippen LogP contribution is -2.60. The van der Waals surface area contributed by atoms with Crippen molar-refractivity contribution in [2.24, 2.45) is 0 Å². The van der Waals surface area contributed by atoms with Gasteiger partial charge in [-0.25, -0.2) is 0 Å². The van der Waals surface area contributed by atoms with Gasteiger partial charge >= 0.3 is 0 Å². The molecule has 0 radical (unpaired) electrons. The predicted molar refractivity (Wildman–Crippen MR) is 163 cm³/mol. The summed E-state index contributed by atoms with van der Waals surface area (Å²) in [5.41, 5.74) is 1.61. The van der Waals surface area contributed by atoms with Gasteiger partial charge in [0.15, 0.2) is 11.5 Å². The molecule has 0 aliphatic carbocycles. The molecule has 3 aromatic carbocycles. The summed E-state index contributed by atoms with van der Waals surface area (Å²) in [6.45, 7) is 8.47. The monoisotopic (exact) mass is 597 g/mol. The molecule has 0 saturated carbocycles. The number of amides is 1. The summed E-state index contributed by atoms with van der Waals surface area (Å²) in [6, 6.07) is 20.2. The van der Waals surface area contributed by atoms with E-state index in [1.165, 1.54) is 0 Å². The SMILES string of the molecule is C=CC[C@@]1(C)O[C@H](c2cccc(Cl)c2)[C@@H](c2ccc(Cl)cc2)N([C@@H](CC)COCc2ccc(OC)c(OC)c2)C1=O. The van der Waals surface area contributed by atoms with Gasteiger partial charge in [-0.1, -0.05) is 66.5 Å². The Bertz CT molecular complexity index is 1350. The van der Waals surface area contributed by atoms with E-state index in [1.54, 1.807) is 20.3 Å². The van der Waals surface area contributed by atoms with Crippen LogP contribution in [0.4, 0.5) is 0 Å². The van der Waals surface area contributed by atoms with E-state index in [9.17, 15) is 4.79 Å². The molecule has 0 aromatic heterocycles. The first-order valence-corrected chi connectivity index (χ1v) is 14.4. The summed E-state index contributed by atoms with van der Waals surface area (Å²) in [7, 11) is 3.21. The second kappa shape index (κ2) is 13.8. The highest BCUT2D eigenvalue weighted by atomic mass is 35.5. The van der Waals surface area contributed by atoms with Crippen molar-refractivity contribution in [3.63, 3.8) is 0 Å². The highest BCUT2D eigenvalue weighted by Crippen LogP contribution is 2.48. The molecule has 1 aliphatic rings. The first-order chi connectivity index (χ1) is 19.7. The van der Waals surface area contributed by atoms with Crippen LogP contribution in [0.2, 0.25) is 10.0 Å². The summed E-state index contributed by atoms with van der Waals surface area (Å²) in [5.74, 6) is 1.18. The van der Waals surface area contributed by atoms with Gasteiger partial charge < -0.3 is 23.8 Å². The van der Waals surface area contributed by atoms with Crippen LogP contribution in [0.1, 0.15) is 55.5 Å². The average Bonchev–Trinajstić information content (AvgIpc) is 2.97. The van der Waals surface area contributed by atoms with Gasteiger partial charge in [0.2, 0.25) is 0 Å². The zero-order valence-electron chi connectivity index (χ0n) is 23.9. The number of nitrogens with zero attached hydrogens (tertiary/aromatic N) is 1. The predicted octanol–water partition coefficient (Wildman–Crippen LogP) is 7.98. The third-order valence-electron chi connectivity index (χ3n) is 7.47. The number of carbonyl (C=O) groups is 1. The van der Waals surface area contributed by atoms with Crippen LogP contribution in [0.5, 0.6) is 11.5 Å². The summed E-state index contributed by atoms with van der Waals surface area (Å²) in [6.07, 6.45) is 2.27. The summed E-state index contributed by atoms with van der Waals surface area (Å²) in [4.78, 5) is 16.3. The molecule has 3 aromatic rings. The van der Waals surface area contributed by atoms with Gasteiger partial charge in [-0.2, -0.15) is 0 Å². The van der Waals surface area contributed by atoms with Crippen LogP contribution in [-0.4, -0.2) is 43.3 Å². The summed E-state index contributed by atoms with van der Waals surface area (Å²) < 4.78 is 23.7. The van der Waals surface area contributed by atoms with E-state index in [-0.39, 0.29) is 11.9 Å². The minimum atomic E-state index is -1.12. The molecule has 1 saturated heterocycles. The van der Waals surface area contributed by atoms with Crippen molar-refractivity contribution in [1.29, 1.82) is 0 Å². The smallest absolute Gasteiger partial charge is 0.255 e. The standard InChI is InChI=1S/C33H37Cl2NO5/c1-6-17-33(3)32(37)36(27(7-2)21-40-20-22-11-16-28(38-4)29(18-22)39-5)30(23-12-14-25(34)15-13-23)31(41-33)24-9-8-10-26(35)19-24/h6,8-16,18-19,27,30-31H,1,7,17,20-21H2,2-5H3/t27-,30+,31+,33+/m0/s1. The average molecular weight is 599 g/mol. The minimum absolute atomic E-state index is 0.114. The van der Waals surface area contributed by atoms with E-state index < -0.39 is 17.7 Å². The molecule has 0 unspecified atom stereocenters. The maximum Gasteiger partial charge on any atom is 0.255 e. The van der Waals surface area contributed by atoms with Crippen LogP contribution >= 0.6 is 23.2 Å². The van der Waals surface area contributed by atoms with Crippen molar-refractivity contribution in [2.45, 2.75) is 57.1 Å². The number of halogens is 2. The highest BCUT2D eigenvalue weighted by molar-refractivity contribution is 6.30. The van der Waals surface area contributed by atoms with Gasteiger partial charge in [0.1, 0.15) is 11.7 Å². The molecule has 1 amide bonds. The number of carbonyl (C=O) groups excluding carboxylic acids is 1. The fourth-order valence-electron chi connectivity index (χ4n) is 5.35. The Morgan fingerprint density at radius 1 is 1.00 bits per heavy atom. The number of hydrogen-bond acceptors (Lipinski definition) is 5. The number of ether oxygens (including phenoxy) is 4. The van der Waals surface area contributed by atoms with Crippen molar-refractivity contribution in [2.75, 3.05) is 20.8 Å². The van der Waals surface area contributed by atoms with E-state index in [0.717, 1.165) is 16.7 Å². The molecule has 1 aliphatic heterocycles. The summed E-state index contributed by atoms with van der Waals surface area (Å²) >= 11 is 12.7. The molecular weight excluding hydrogens is 561 g/mol. The topological polar surface area (TPSA) is 57.2 Å². The highest BCUT2D eigenvalue weighted by Gasteiger charge is 2.52. The summed E-state index contributed by atoms with van der Waals surface area (Å²) in [5, 5.41) is 1.21. The quantitative estimate of drug-likeness (QED) is 0.198. The van der Waals surface area contributed by atoms with E-state index in [1.807, 2.05) is 78.6 Å². The minimum Gasteiger partial charge on any atom is -0.493 e. The van der Waals surface area contributed by atoms with Gasteiger partial charge in [0.05, 0.1) is 39.5 Å². The van der Waals surface area contributed by atoms with Gasteiger partial charge in [-0.15, -0.1) is 6.58 Å². The van der Waals surface area contributed by atoms with E-state index in [2.05, 4.69) is 13.5 Å². The zero-order valence-corrected chi connectivity index (χ0v) is 25.5. The Kier molecular flexibility index (Phi) is 10.4. The molecule has 1 heterocycles. The van der Waals surface area contributed by atoms with Crippen molar-refractivity contribution in [3.8, 4) is 11.5 Å². The van der Waals surface area contributed by atoms with Crippen LogP contribution in [0, 0.1) is 0 Å². The molecule has 4 atom stereocenters. The normalized spacial score (nSPS) is 21.4. The Morgan fingerprint density at radius 2 is 1.73 bits per heavy atom. The van der Waals surface area contributed by atoms with Crippen molar-refractivity contribution < 1.29 is 23.7 Å². The van der Waals surface area contributed by atoms with Crippen LogP contribution in [0.15, 0.2) is 79.4 Å². The largest absolute Gasteiger partial charge is 0.493 e. The lowest BCUT2D eigenvalue weighted by Gasteiger charge is -2.51. The maximum atomic E-state index is 14.3. The van der Waals surface area contributed by atoms with Crippen LogP contribution in [0.25, 0.3) is 0 Å². The molecule has 1 fully saturated rings. The number of methoxy groups -OCH3 is 2. The maximum absolute atomic E-state index is 14.3. The second-order valence-corrected chi connectivity index (χ2v) is 11.2. The first kappa shape index (κ1) is 30.9. The van der Waals surface area contributed by atoms with E-state index in [4.69, 9.17) is 42.1 Å². The van der Waals surface area contributed by atoms with Gasteiger partial charge in [0.25, 0.3) is 5.91 Å². The third kappa shape index (κ3) is 6.90. The lowest BCUT2D eigenvalue weighted by molar-refractivity contribution is -0.204. The van der Waals surface area contributed by atoms with Gasteiger partial charge in [-0.05, 0) is 66.4 Å². The number of morpholine rings is 1. The molecule has 41 heavy (non-hydrogen) atoms. The number of benzene rings is 3.